The van der Waals surface area contributed by atoms with Crippen molar-refractivity contribution in [3.63, 3.8) is 0 Å². The van der Waals surface area contributed by atoms with Crippen molar-refractivity contribution in [2.45, 2.75) is 52.4 Å². The molecule has 2 aliphatic heterocycles. The summed E-state index contributed by atoms with van der Waals surface area (Å²) in [6, 6.07) is 0. The normalized spacial score (nSPS) is 37.4. The van der Waals surface area contributed by atoms with E-state index >= 15 is 0 Å². The van der Waals surface area contributed by atoms with Gasteiger partial charge < -0.3 is 10.2 Å². The second kappa shape index (κ2) is 4.76. The molecule has 0 radical (unpaired) electrons. The summed E-state index contributed by atoms with van der Waals surface area (Å²) in [6.07, 6.45) is 7.25. The fourth-order valence-corrected chi connectivity index (χ4v) is 4.19. The first-order valence-electron chi connectivity index (χ1n) is 8.08. The van der Waals surface area contributed by atoms with Gasteiger partial charge in [0.25, 0.3) is 0 Å². The summed E-state index contributed by atoms with van der Waals surface area (Å²) in [6.45, 7) is 8.82. The van der Waals surface area contributed by atoms with E-state index in [2.05, 4.69) is 24.1 Å². The molecule has 2 atom stereocenters. The van der Waals surface area contributed by atoms with Gasteiger partial charge in [-0.05, 0) is 62.4 Å². The summed E-state index contributed by atoms with van der Waals surface area (Å²) in [5.41, 5.74) is 0.756. The van der Waals surface area contributed by atoms with E-state index in [4.69, 9.17) is 0 Å². The Morgan fingerprint density at radius 3 is 2.74 bits per heavy atom. The van der Waals surface area contributed by atoms with Crippen LogP contribution in [0, 0.1) is 16.7 Å². The van der Waals surface area contributed by atoms with Crippen molar-refractivity contribution < 1.29 is 4.79 Å². The highest BCUT2D eigenvalue weighted by atomic mass is 16.2. The van der Waals surface area contributed by atoms with Gasteiger partial charge in [-0.3, -0.25) is 4.79 Å². The number of likely N-dealkylation sites (tertiary alicyclic amines) is 1. The van der Waals surface area contributed by atoms with E-state index < -0.39 is 0 Å². The molecule has 19 heavy (non-hydrogen) atoms. The SMILES string of the molecule is CCC1(C)CCCN(C(=O)C2CC23CCNCC3)C1. The number of piperidine rings is 2. The Balaban J connectivity index is 1.62. The third-order valence-corrected chi connectivity index (χ3v) is 6.03. The summed E-state index contributed by atoms with van der Waals surface area (Å²) >= 11 is 0. The Bertz CT molecular complexity index is 362. The molecule has 1 saturated carbocycles. The molecule has 0 bridgehead atoms. The van der Waals surface area contributed by atoms with Crippen LogP contribution in [0.25, 0.3) is 0 Å². The highest BCUT2D eigenvalue weighted by Gasteiger charge is 2.58. The molecule has 3 aliphatic rings. The van der Waals surface area contributed by atoms with Gasteiger partial charge in [-0.15, -0.1) is 0 Å². The lowest BCUT2D eigenvalue weighted by Crippen LogP contribution is -2.46. The number of rotatable bonds is 2. The van der Waals surface area contributed by atoms with Crippen molar-refractivity contribution in [3.8, 4) is 0 Å². The van der Waals surface area contributed by atoms with Crippen molar-refractivity contribution in [1.82, 2.24) is 10.2 Å². The summed E-state index contributed by atoms with van der Waals surface area (Å²) < 4.78 is 0. The Morgan fingerprint density at radius 2 is 2.05 bits per heavy atom. The van der Waals surface area contributed by atoms with Crippen LogP contribution in [-0.2, 0) is 4.79 Å². The molecule has 0 aromatic rings. The molecule has 2 heterocycles. The highest BCUT2D eigenvalue weighted by Crippen LogP contribution is 2.59. The molecule has 2 unspecified atom stereocenters. The van der Waals surface area contributed by atoms with Crippen LogP contribution < -0.4 is 5.32 Å². The number of hydrogen-bond acceptors (Lipinski definition) is 2. The van der Waals surface area contributed by atoms with Crippen molar-refractivity contribution >= 4 is 5.91 Å². The molecule has 2 saturated heterocycles. The predicted molar refractivity (Wildman–Crippen MR) is 76.9 cm³/mol. The monoisotopic (exact) mass is 264 g/mol. The van der Waals surface area contributed by atoms with Gasteiger partial charge in [0.2, 0.25) is 5.91 Å². The quantitative estimate of drug-likeness (QED) is 0.830. The van der Waals surface area contributed by atoms with Crippen LogP contribution in [0.15, 0.2) is 0 Å². The van der Waals surface area contributed by atoms with Crippen LogP contribution in [0.5, 0.6) is 0 Å². The lowest BCUT2D eigenvalue weighted by Gasteiger charge is -2.40. The molecule has 1 N–H and O–H groups in total. The lowest BCUT2D eigenvalue weighted by atomic mass is 9.79. The van der Waals surface area contributed by atoms with Crippen LogP contribution in [0.2, 0.25) is 0 Å². The van der Waals surface area contributed by atoms with E-state index in [9.17, 15) is 4.79 Å². The largest absolute Gasteiger partial charge is 0.342 e. The lowest BCUT2D eigenvalue weighted by molar-refractivity contribution is -0.137. The predicted octanol–water partition coefficient (Wildman–Crippen LogP) is 2.41. The zero-order valence-electron chi connectivity index (χ0n) is 12.5. The smallest absolute Gasteiger partial charge is 0.226 e. The fourth-order valence-electron chi connectivity index (χ4n) is 4.19. The first-order valence-corrected chi connectivity index (χ1v) is 8.08. The van der Waals surface area contributed by atoms with Crippen molar-refractivity contribution in [2.24, 2.45) is 16.7 Å². The molecule has 3 fully saturated rings. The van der Waals surface area contributed by atoms with Crippen LogP contribution >= 0.6 is 0 Å². The maximum absolute atomic E-state index is 12.7. The van der Waals surface area contributed by atoms with Crippen LogP contribution in [-0.4, -0.2) is 37.0 Å². The minimum Gasteiger partial charge on any atom is -0.342 e. The van der Waals surface area contributed by atoms with Gasteiger partial charge in [0.05, 0.1) is 0 Å². The fraction of sp³-hybridized carbons (Fsp3) is 0.938. The van der Waals surface area contributed by atoms with Crippen LogP contribution in [0.3, 0.4) is 0 Å². The molecule has 1 aliphatic carbocycles. The number of amides is 1. The van der Waals surface area contributed by atoms with Gasteiger partial charge >= 0.3 is 0 Å². The van der Waals surface area contributed by atoms with Gasteiger partial charge in [-0.2, -0.15) is 0 Å². The van der Waals surface area contributed by atoms with Crippen molar-refractivity contribution in [2.75, 3.05) is 26.2 Å². The molecule has 1 spiro atoms. The standard InChI is InChI=1S/C16H28N2O/c1-3-15(2)5-4-10-18(12-15)14(19)13-11-16(13)6-8-17-9-7-16/h13,17H,3-12H2,1-2H3. The molecule has 3 rings (SSSR count). The van der Waals surface area contributed by atoms with E-state index in [1.54, 1.807) is 0 Å². The van der Waals surface area contributed by atoms with Gasteiger partial charge in [0.1, 0.15) is 0 Å². The van der Waals surface area contributed by atoms with Gasteiger partial charge in [0, 0.05) is 19.0 Å². The van der Waals surface area contributed by atoms with Crippen LogP contribution in [0.1, 0.15) is 52.4 Å². The number of nitrogens with one attached hydrogen (secondary N) is 1. The number of nitrogens with zero attached hydrogens (tertiary/aromatic N) is 1. The Labute approximate surface area is 117 Å². The van der Waals surface area contributed by atoms with Gasteiger partial charge in [-0.25, -0.2) is 0 Å². The zero-order chi connectivity index (χ0) is 13.5. The number of hydrogen-bond donors (Lipinski definition) is 1. The van der Waals surface area contributed by atoms with Gasteiger partial charge in [0.15, 0.2) is 0 Å². The molecule has 0 aromatic carbocycles. The van der Waals surface area contributed by atoms with E-state index in [1.807, 2.05) is 0 Å². The molecule has 0 aromatic heterocycles. The highest BCUT2D eigenvalue weighted by molar-refractivity contribution is 5.83. The molecular formula is C16H28N2O. The number of carbonyl (C=O) groups is 1. The maximum Gasteiger partial charge on any atom is 0.226 e. The van der Waals surface area contributed by atoms with Crippen LogP contribution in [0.4, 0.5) is 0 Å². The zero-order valence-corrected chi connectivity index (χ0v) is 12.5. The molecule has 3 heteroatoms. The third-order valence-electron chi connectivity index (χ3n) is 6.03. The minimum absolute atomic E-state index is 0.355. The average molecular weight is 264 g/mol. The van der Waals surface area contributed by atoms with E-state index in [0.29, 0.717) is 22.7 Å². The summed E-state index contributed by atoms with van der Waals surface area (Å²) in [7, 11) is 0. The summed E-state index contributed by atoms with van der Waals surface area (Å²) in [4.78, 5) is 14.9. The van der Waals surface area contributed by atoms with Crippen molar-refractivity contribution in [1.29, 1.82) is 0 Å². The van der Waals surface area contributed by atoms with E-state index in [-0.39, 0.29) is 0 Å². The van der Waals surface area contributed by atoms with E-state index in [1.165, 1.54) is 32.1 Å². The third kappa shape index (κ3) is 2.42. The maximum atomic E-state index is 12.7. The molecular weight excluding hydrogens is 236 g/mol. The topological polar surface area (TPSA) is 32.3 Å². The Hall–Kier alpha value is -0.570. The average Bonchev–Trinajstić information content (AvgIpc) is 3.12. The Morgan fingerprint density at radius 1 is 1.32 bits per heavy atom. The molecule has 3 nitrogen and oxygen atoms in total. The van der Waals surface area contributed by atoms with Crippen molar-refractivity contribution in [3.05, 3.63) is 0 Å². The first kappa shape index (κ1) is 13.4. The summed E-state index contributed by atoms with van der Waals surface area (Å²) in [5.74, 6) is 0.829. The summed E-state index contributed by atoms with van der Waals surface area (Å²) in [5, 5.41) is 3.42. The number of carbonyl (C=O) groups excluding carboxylic acids is 1. The first-order chi connectivity index (χ1) is 9.09. The second-order valence-electron chi connectivity index (χ2n) is 7.40. The second-order valence-corrected chi connectivity index (χ2v) is 7.40. The Kier molecular flexibility index (Phi) is 3.36. The minimum atomic E-state index is 0.355. The molecule has 108 valence electrons. The van der Waals surface area contributed by atoms with E-state index in [0.717, 1.165) is 32.6 Å². The molecule has 1 amide bonds. The van der Waals surface area contributed by atoms with Gasteiger partial charge in [-0.1, -0.05) is 13.8 Å².